The quantitative estimate of drug-likeness (QED) is 0.571. The van der Waals surface area contributed by atoms with Gasteiger partial charge in [-0.15, -0.1) is 0 Å². The molecule has 0 unspecified atom stereocenters. The molecule has 0 aliphatic carbocycles. The van der Waals surface area contributed by atoms with Gasteiger partial charge in [0.25, 0.3) is 0 Å². The molecule has 1 aromatic rings. The number of anilines is 2. The van der Waals surface area contributed by atoms with Gasteiger partial charge in [0.2, 0.25) is 5.91 Å². The largest absolute Gasteiger partial charge is 0.478 e. The van der Waals surface area contributed by atoms with Crippen molar-refractivity contribution in [2.45, 2.75) is 6.92 Å². The predicted molar refractivity (Wildman–Crippen MR) is 59.1 cm³/mol. The molecule has 0 saturated carbocycles. The molecule has 0 bridgehead atoms. The minimum Gasteiger partial charge on any atom is -0.478 e. The normalized spacial score (nSPS) is 9.71. The molecule has 5 N–H and O–H groups in total. The van der Waals surface area contributed by atoms with Crippen LogP contribution in [0.15, 0.2) is 12.1 Å². The first-order valence-electron chi connectivity index (χ1n) is 4.50. The summed E-state index contributed by atoms with van der Waals surface area (Å²) in [5, 5.41) is 19.9. The second kappa shape index (κ2) is 4.52. The van der Waals surface area contributed by atoms with Crippen LogP contribution in [0.2, 0.25) is 0 Å². The van der Waals surface area contributed by atoms with E-state index in [4.69, 9.17) is 15.9 Å². The molecule has 0 spiro atoms. The highest BCUT2D eigenvalue weighted by atomic mass is 16.4. The van der Waals surface area contributed by atoms with Gasteiger partial charge in [-0.2, -0.15) is 0 Å². The van der Waals surface area contributed by atoms with Gasteiger partial charge in [0.1, 0.15) is 0 Å². The van der Waals surface area contributed by atoms with Crippen molar-refractivity contribution in [3.8, 4) is 0 Å². The molecule has 0 atom stereocenters. The SMILES string of the molecule is CC(=O)Nc1cc(C(=O)O)c(N)cc1C(=O)O. The van der Waals surface area contributed by atoms with Gasteiger partial charge < -0.3 is 21.3 Å². The smallest absolute Gasteiger partial charge is 0.337 e. The minimum atomic E-state index is -1.31. The number of carboxylic acid groups (broad SMARTS) is 2. The van der Waals surface area contributed by atoms with Crippen molar-refractivity contribution in [3.05, 3.63) is 23.3 Å². The first kappa shape index (κ1) is 12.5. The number of benzene rings is 1. The lowest BCUT2D eigenvalue weighted by atomic mass is 10.1. The van der Waals surface area contributed by atoms with Crippen LogP contribution in [-0.2, 0) is 4.79 Å². The number of amides is 1. The van der Waals surface area contributed by atoms with Crippen LogP contribution >= 0.6 is 0 Å². The topological polar surface area (TPSA) is 130 Å². The zero-order valence-corrected chi connectivity index (χ0v) is 8.85. The zero-order chi connectivity index (χ0) is 13.2. The van der Waals surface area contributed by atoms with E-state index in [1.807, 2.05) is 0 Å². The third-order valence-electron chi connectivity index (χ3n) is 1.96. The van der Waals surface area contributed by atoms with Crippen LogP contribution < -0.4 is 11.1 Å². The predicted octanol–water partition coefficient (Wildman–Crippen LogP) is 0.624. The van der Waals surface area contributed by atoms with Gasteiger partial charge in [0.05, 0.1) is 16.8 Å². The van der Waals surface area contributed by atoms with E-state index in [1.54, 1.807) is 0 Å². The molecule has 0 heterocycles. The second-order valence-electron chi connectivity index (χ2n) is 3.28. The van der Waals surface area contributed by atoms with Gasteiger partial charge >= 0.3 is 11.9 Å². The molecule has 7 heteroatoms. The average Bonchev–Trinajstić information content (AvgIpc) is 2.18. The monoisotopic (exact) mass is 238 g/mol. The van der Waals surface area contributed by atoms with Gasteiger partial charge in [0, 0.05) is 12.6 Å². The molecule has 0 aromatic heterocycles. The fraction of sp³-hybridized carbons (Fsp3) is 0.100. The van der Waals surface area contributed by atoms with Crippen LogP contribution in [0.3, 0.4) is 0 Å². The molecular formula is C10H10N2O5. The summed E-state index contributed by atoms with van der Waals surface area (Å²) in [6.07, 6.45) is 0. The van der Waals surface area contributed by atoms with Gasteiger partial charge in [-0.05, 0) is 12.1 Å². The molecule has 1 aromatic carbocycles. The molecule has 0 saturated heterocycles. The van der Waals surface area contributed by atoms with E-state index in [0.29, 0.717) is 0 Å². The van der Waals surface area contributed by atoms with Crippen molar-refractivity contribution in [1.82, 2.24) is 0 Å². The molecule has 90 valence electrons. The zero-order valence-electron chi connectivity index (χ0n) is 8.85. The number of hydrogen-bond acceptors (Lipinski definition) is 4. The number of rotatable bonds is 3. The Balaban J connectivity index is 3.41. The lowest BCUT2D eigenvalue weighted by Gasteiger charge is -2.09. The first-order valence-corrected chi connectivity index (χ1v) is 4.50. The Hall–Kier alpha value is -2.57. The summed E-state index contributed by atoms with van der Waals surface area (Å²) in [6, 6.07) is 2.01. The van der Waals surface area contributed by atoms with Crippen molar-refractivity contribution in [1.29, 1.82) is 0 Å². The van der Waals surface area contributed by atoms with Crippen molar-refractivity contribution in [2.24, 2.45) is 0 Å². The van der Waals surface area contributed by atoms with E-state index < -0.39 is 17.8 Å². The van der Waals surface area contributed by atoms with Gasteiger partial charge in [-0.1, -0.05) is 0 Å². The molecule has 0 radical (unpaired) electrons. The standard InChI is InChI=1S/C10H10N2O5/c1-4(13)12-8-3-5(9(14)15)7(11)2-6(8)10(16)17/h2-3H,11H2,1H3,(H,12,13)(H,14,15)(H,16,17). The van der Waals surface area contributed by atoms with Crippen molar-refractivity contribution < 1.29 is 24.6 Å². The van der Waals surface area contributed by atoms with E-state index in [1.165, 1.54) is 6.92 Å². The van der Waals surface area contributed by atoms with E-state index in [-0.39, 0.29) is 22.5 Å². The number of nitrogens with two attached hydrogens (primary N) is 1. The Bertz CT molecular complexity index is 510. The molecular weight excluding hydrogens is 228 g/mol. The Kier molecular flexibility index (Phi) is 3.32. The highest BCUT2D eigenvalue weighted by Crippen LogP contribution is 2.23. The molecule has 0 fully saturated rings. The van der Waals surface area contributed by atoms with E-state index >= 15 is 0 Å². The summed E-state index contributed by atoms with van der Waals surface area (Å²) >= 11 is 0. The number of nitrogen functional groups attached to an aromatic ring is 1. The Morgan fingerprint density at radius 1 is 1.12 bits per heavy atom. The maximum atomic E-state index is 10.9. The Morgan fingerprint density at radius 2 is 1.65 bits per heavy atom. The van der Waals surface area contributed by atoms with Crippen LogP contribution in [-0.4, -0.2) is 28.1 Å². The summed E-state index contributed by atoms with van der Waals surface area (Å²) in [5.41, 5.74) is 4.60. The van der Waals surface area contributed by atoms with Crippen LogP contribution in [0, 0.1) is 0 Å². The van der Waals surface area contributed by atoms with E-state index in [0.717, 1.165) is 12.1 Å². The number of carboxylic acids is 2. The van der Waals surface area contributed by atoms with E-state index in [2.05, 4.69) is 5.32 Å². The highest BCUT2D eigenvalue weighted by Gasteiger charge is 2.17. The number of hydrogen-bond donors (Lipinski definition) is 4. The number of carbonyl (C=O) groups is 3. The Labute approximate surface area is 95.9 Å². The molecule has 1 rings (SSSR count). The van der Waals surface area contributed by atoms with Crippen molar-refractivity contribution >= 4 is 29.2 Å². The molecule has 1 amide bonds. The van der Waals surface area contributed by atoms with Gasteiger partial charge in [-0.3, -0.25) is 4.79 Å². The van der Waals surface area contributed by atoms with Gasteiger partial charge in [-0.25, -0.2) is 9.59 Å². The fourth-order valence-corrected chi connectivity index (χ4v) is 1.27. The van der Waals surface area contributed by atoms with Crippen molar-refractivity contribution in [2.75, 3.05) is 11.1 Å². The fourth-order valence-electron chi connectivity index (χ4n) is 1.27. The summed E-state index contributed by atoms with van der Waals surface area (Å²) in [6.45, 7) is 1.18. The lowest BCUT2D eigenvalue weighted by molar-refractivity contribution is -0.114. The summed E-state index contributed by atoms with van der Waals surface area (Å²) < 4.78 is 0. The molecule has 0 aliphatic rings. The van der Waals surface area contributed by atoms with Crippen molar-refractivity contribution in [3.63, 3.8) is 0 Å². The Morgan fingerprint density at radius 3 is 2.06 bits per heavy atom. The van der Waals surface area contributed by atoms with Crippen LogP contribution in [0.5, 0.6) is 0 Å². The lowest BCUT2D eigenvalue weighted by Crippen LogP contribution is -2.13. The minimum absolute atomic E-state index is 0.100. The van der Waals surface area contributed by atoms with E-state index in [9.17, 15) is 14.4 Å². The molecule has 7 nitrogen and oxygen atoms in total. The van der Waals surface area contributed by atoms with Crippen LogP contribution in [0.25, 0.3) is 0 Å². The van der Waals surface area contributed by atoms with Gasteiger partial charge in [0.15, 0.2) is 0 Å². The summed E-state index contributed by atoms with van der Waals surface area (Å²) in [5.74, 6) is -3.11. The summed E-state index contributed by atoms with van der Waals surface area (Å²) in [4.78, 5) is 32.6. The second-order valence-corrected chi connectivity index (χ2v) is 3.28. The number of nitrogens with one attached hydrogen (secondary N) is 1. The van der Waals surface area contributed by atoms with Crippen LogP contribution in [0.1, 0.15) is 27.6 Å². The molecule has 0 aliphatic heterocycles. The number of aromatic carboxylic acids is 2. The third kappa shape index (κ3) is 2.71. The highest BCUT2D eigenvalue weighted by molar-refractivity contribution is 6.04. The maximum absolute atomic E-state index is 10.9. The average molecular weight is 238 g/mol. The summed E-state index contributed by atoms with van der Waals surface area (Å²) in [7, 11) is 0. The first-order chi connectivity index (χ1) is 7.82. The number of carbonyl (C=O) groups excluding carboxylic acids is 1. The maximum Gasteiger partial charge on any atom is 0.337 e. The third-order valence-corrected chi connectivity index (χ3v) is 1.96. The molecule has 17 heavy (non-hydrogen) atoms. The van der Waals surface area contributed by atoms with Crippen LogP contribution in [0.4, 0.5) is 11.4 Å².